The molecule has 4 nitrogen and oxygen atoms in total. The number of amides is 1. The van der Waals surface area contributed by atoms with E-state index in [1.165, 1.54) is 11.1 Å². The molecule has 0 heterocycles. The van der Waals surface area contributed by atoms with E-state index in [2.05, 4.69) is 48.3 Å². The Bertz CT molecular complexity index is 670. The van der Waals surface area contributed by atoms with Crippen LogP contribution >= 0.6 is 0 Å². The molecule has 0 aliphatic heterocycles. The largest absolute Gasteiger partial charge is 0.495 e. The second-order valence-corrected chi connectivity index (χ2v) is 5.86. The number of para-hydroxylation sites is 2. The van der Waals surface area contributed by atoms with Crippen LogP contribution in [0.15, 0.2) is 48.5 Å². The summed E-state index contributed by atoms with van der Waals surface area (Å²) in [5.74, 6) is 0.681. The van der Waals surface area contributed by atoms with E-state index in [1.54, 1.807) is 7.11 Å². The Hall–Kier alpha value is -2.33. The van der Waals surface area contributed by atoms with Gasteiger partial charge in [-0.25, -0.2) is 0 Å². The topological polar surface area (TPSA) is 41.6 Å². The van der Waals surface area contributed by atoms with E-state index in [-0.39, 0.29) is 5.91 Å². The molecule has 2 aromatic rings. The van der Waals surface area contributed by atoms with Crippen LogP contribution in [0.4, 0.5) is 5.69 Å². The van der Waals surface area contributed by atoms with Gasteiger partial charge in [0.15, 0.2) is 0 Å². The first-order chi connectivity index (χ1) is 11.6. The summed E-state index contributed by atoms with van der Waals surface area (Å²) in [5.41, 5.74) is 3.26. The normalized spacial score (nSPS) is 10.7. The minimum absolute atomic E-state index is 0.00203. The molecule has 0 radical (unpaired) electrons. The lowest BCUT2D eigenvalue weighted by Crippen LogP contribution is -2.27. The van der Waals surface area contributed by atoms with Gasteiger partial charge in [-0.2, -0.15) is 0 Å². The first kappa shape index (κ1) is 18.0. The molecular formula is C20H26N2O2. The van der Waals surface area contributed by atoms with Gasteiger partial charge in [-0.3, -0.25) is 9.69 Å². The van der Waals surface area contributed by atoms with E-state index in [0.717, 1.165) is 19.6 Å². The zero-order valence-corrected chi connectivity index (χ0v) is 14.7. The number of anilines is 1. The maximum absolute atomic E-state index is 12.2. The summed E-state index contributed by atoms with van der Waals surface area (Å²) in [4.78, 5) is 14.5. The summed E-state index contributed by atoms with van der Waals surface area (Å²) in [6.45, 7) is 6.72. The summed E-state index contributed by atoms with van der Waals surface area (Å²) < 4.78 is 5.26. The summed E-state index contributed by atoms with van der Waals surface area (Å²) in [5, 5.41) is 2.92. The molecule has 24 heavy (non-hydrogen) atoms. The average molecular weight is 326 g/mol. The van der Waals surface area contributed by atoms with Gasteiger partial charge in [0.25, 0.3) is 0 Å². The highest BCUT2D eigenvalue weighted by Gasteiger charge is 2.10. The van der Waals surface area contributed by atoms with Gasteiger partial charge >= 0.3 is 0 Å². The van der Waals surface area contributed by atoms with Gasteiger partial charge in [0.1, 0.15) is 5.75 Å². The van der Waals surface area contributed by atoms with Gasteiger partial charge in [0, 0.05) is 19.5 Å². The molecule has 1 N–H and O–H groups in total. The van der Waals surface area contributed by atoms with Crippen molar-refractivity contribution < 1.29 is 9.53 Å². The van der Waals surface area contributed by atoms with Crippen molar-refractivity contribution in [3.05, 3.63) is 59.7 Å². The number of carbonyl (C=O) groups excluding carboxylic acids is 1. The van der Waals surface area contributed by atoms with E-state index in [0.29, 0.717) is 17.9 Å². The van der Waals surface area contributed by atoms with Crippen LogP contribution in [0.2, 0.25) is 0 Å². The second kappa shape index (κ2) is 9.08. The standard InChI is InChI=1S/C20H26N2O2/c1-4-22(15-17-9-7-8-16(2)14-17)13-12-20(23)21-18-10-5-6-11-19(18)24-3/h5-11,14H,4,12-13,15H2,1-3H3,(H,21,23). The van der Waals surface area contributed by atoms with Crippen molar-refractivity contribution >= 4 is 11.6 Å². The highest BCUT2D eigenvalue weighted by atomic mass is 16.5. The first-order valence-electron chi connectivity index (χ1n) is 8.33. The molecule has 1 amide bonds. The Morgan fingerprint density at radius 3 is 2.67 bits per heavy atom. The number of nitrogens with zero attached hydrogens (tertiary/aromatic N) is 1. The number of hydrogen-bond donors (Lipinski definition) is 1. The van der Waals surface area contributed by atoms with Crippen molar-refractivity contribution in [3.8, 4) is 5.75 Å². The number of hydrogen-bond acceptors (Lipinski definition) is 3. The minimum Gasteiger partial charge on any atom is -0.495 e. The Balaban J connectivity index is 1.87. The van der Waals surface area contributed by atoms with E-state index < -0.39 is 0 Å². The molecule has 0 aliphatic carbocycles. The van der Waals surface area contributed by atoms with Crippen LogP contribution in [0.25, 0.3) is 0 Å². The molecule has 4 heteroatoms. The van der Waals surface area contributed by atoms with Crippen molar-refractivity contribution in [3.63, 3.8) is 0 Å². The molecule has 0 saturated heterocycles. The van der Waals surface area contributed by atoms with Crippen LogP contribution in [-0.2, 0) is 11.3 Å². The molecular weight excluding hydrogens is 300 g/mol. The highest BCUT2D eigenvalue weighted by Crippen LogP contribution is 2.23. The summed E-state index contributed by atoms with van der Waals surface area (Å²) in [6.07, 6.45) is 0.456. The van der Waals surface area contributed by atoms with Gasteiger partial charge in [0.05, 0.1) is 12.8 Å². The molecule has 0 saturated carbocycles. The van der Waals surface area contributed by atoms with Crippen LogP contribution in [0, 0.1) is 6.92 Å². The Morgan fingerprint density at radius 2 is 1.96 bits per heavy atom. The summed E-state index contributed by atoms with van der Waals surface area (Å²) in [6, 6.07) is 16.0. The van der Waals surface area contributed by atoms with E-state index >= 15 is 0 Å². The molecule has 0 aliphatic rings. The van der Waals surface area contributed by atoms with Crippen molar-refractivity contribution in [1.29, 1.82) is 0 Å². The number of ether oxygens (including phenoxy) is 1. The van der Waals surface area contributed by atoms with Crippen molar-refractivity contribution in [1.82, 2.24) is 4.90 Å². The van der Waals surface area contributed by atoms with Crippen molar-refractivity contribution in [2.45, 2.75) is 26.8 Å². The number of carbonyl (C=O) groups is 1. The maximum Gasteiger partial charge on any atom is 0.225 e. The molecule has 2 rings (SSSR count). The third-order valence-electron chi connectivity index (χ3n) is 3.97. The molecule has 0 bridgehead atoms. The average Bonchev–Trinajstić information content (AvgIpc) is 2.59. The molecule has 128 valence electrons. The number of rotatable bonds is 8. The molecule has 2 aromatic carbocycles. The van der Waals surface area contributed by atoms with Gasteiger partial charge in [-0.15, -0.1) is 0 Å². The third-order valence-corrected chi connectivity index (χ3v) is 3.97. The number of aryl methyl sites for hydroxylation is 1. The monoisotopic (exact) mass is 326 g/mol. The van der Waals surface area contributed by atoms with Crippen LogP contribution < -0.4 is 10.1 Å². The molecule has 0 spiro atoms. The van der Waals surface area contributed by atoms with E-state index in [9.17, 15) is 4.79 Å². The van der Waals surface area contributed by atoms with Crippen LogP contribution in [0.5, 0.6) is 5.75 Å². The molecule has 0 fully saturated rings. The highest BCUT2D eigenvalue weighted by molar-refractivity contribution is 5.92. The molecule has 0 unspecified atom stereocenters. The van der Waals surface area contributed by atoms with Gasteiger partial charge in [0.2, 0.25) is 5.91 Å². The van der Waals surface area contributed by atoms with Crippen molar-refractivity contribution in [2.24, 2.45) is 0 Å². The SMILES string of the molecule is CCN(CCC(=O)Nc1ccccc1OC)Cc1cccc(C)c1. The Kier molecular flexibility index (Phi) is 6.82. The lowest BCUT2D eigenvalue weighted by molar-refractivity contribution is -0.116. The lowest BCUT2D eigenvalue weighted by atomic mass is 10.1. The maximum atomic E-state index is 12.2. The van der Waals surface area contributed by atoms with Crippen LogP contribution in [0.1, 0.15) is 24.5 Å². The smallest absolute Gasteiger partial charge is 0.225 e. The van der Waals surface area contributed by atoms with Gasteiger partial charge in [-0.05, 0) is 31.2 Å². The second-order valence-electron chi connectivity index (χ2n) is 5.86. The third kappa shape index (κ3) is 5.39. The van der Waals surface area contributed by atoms with Gasteiger partial charge < -0.3 is 10.1 Å². The quantitative estimate of drug-likeness (QED) is 0.801. The number of benzene rings is 2. The zero-order chi connectivity index (χ0) is 17.4. The molecule has 0 atom stereocenters. The Morgan fingerprint density at radius 1 is 1.17 bits per heavy atom. The van der Waals surface area contributed by atoms with E-state index in [4.69, 9.17) is 4.74 Å². The van der Waals surface area contributed by atoms with E-state index in [1.807, 2.05) is 24.3 Å². The fourth-order valence-corrected chi connectivity index (χ4v) is 2.64. The lowest BCUT2D eigenvalue weighted by Gasteiger charge is -2.20. The predicted octanol–water partition coefficient (Wildman–Crippen LogP) is 3.85. The number of nitrogens with one attached hydrogen (secondary N) is 1. The predicted molar refractivity (Wildman–Crippen MR) is 98.4 cm³/mol. The number of methoxy groups -OCH3 is 1. The minimum atomic E-state index is 0.00203. The van der Waals surface area contributed by atoms with Crippen LogP contribution in [0.3, 0.4) is 0 Å². The van der Waals surface area contributed by atoms with Crippen molar-refractivity contribution in [2.75, 3.05) is 25.5 Å². The molecule has 0 aromatic heterocycles. The fourth-order valence-electron chi connectivity index (χ4n) is 2.64. The Labute approximate surface area is 144 Å². The van der Waals surface area contributed by atoms with Gasteiger partial charge in [-0.1, -0.05) is 48.9 Å². The fraction of sp³-hybridized carbons (Fsp3) is 0.350. The first-order valence-corrected chi connectivity index (χ1v) is 8.33. The zero-order valence-electron chi connectivity index (χ0n) is 14.7. The summed E-state index contributed by atoms with van der Waals surface area (Å²) in [7, 11) is 1.60. The summed E-state index contributed by atoms with van der Waals surface area (Å²) >= 11 is 0. The van der Waals surface area contributed by atoms with Crippen LogP contribution in [-0.4, -0.2) is 31.0 Å².